The van der Waals surface area contributed by atoms with Crippen LogP contribution in [0.4, 0.5) is 10.5 Å². The summed E-state index contributed by atoms with van der Waals surface area (Å²) < 4.78 is 0. The predicted molar refractivity (Wildman–Crippen MR) is 108 cm³/mol. The van der Waals surface area contributed by atoms with Crippen LogP contribution in [-0.2, 0) is 17.8 Å². The summed E-state index contributed by atoms with van der Waals surface area (Å²) in [4.78, 5) is 26.2. The highest BCUT2D eigenvalue weighted by molar-refractivity contribution is 6.36. The van der Waals surface area contributed by atoms with Crippen LogP contribution in [0.15, 0.2) is 42.5 Å². The van der Waals surface area contributed by atoms with Gasteiger partial charge in [0.05, 0.1) is 6.42 Å². The fourth-order valence-electron chi connectivity index (χ4n) is 3.01. The molecular formula is C20H21Cl2N3O2. The Morgan fingerprint density at radius 2 is 1.67 bits per heavy atom. The van der Waals surface area contributed by atoms with E-state index in [1.54, 1.807) is 18.2 Å². The molecule has 0 aromatic heterocycles. The number of rotatable bonds is 5. The molecule has 0 spiro atoms. The smallest absolute Gasteiger partial charge is 0.321 e. The molecule has 27 heavy (non-hydrogen) atoms. The molecule has 1 aliphatic rings. The third kappa shape index (κ3) is 5.37. The minimum absolute atomic E-state index is 0.0814. The third-order valence-corrected chi connectivity index (χ3v) is 5.17. The number of amides is 3. The molecule has 3 rings (SSSR count). The lowest BCUT2D eigenvalue weighted by Gasteiger charge is -2.16. The summed E-state index contributed by atoms with van der Waals surface area (Å²) >= 11 is 12.2. The number of nitrogens with zero attached hydrogens (tertiary/aromatic N) is 1. The average molecular weight is 406 g/mol. The molecule has 0 radical (unpaired) electrons. The highest BCUT2D eigenvalue weighted by atomic mass is 35.5. The van der Waals surface area contributed by atoms with Crippen LogP contribution in [0, 0.1) is 0 Å². The number of nitrogens with one attached hydrogen (secondary N) is 2. The summed E-state index contributed by atoms with van der Waals surface area (Å²) in [6.07, 6.45) is 2.22. The van der Waals surface area contributed by atoms with Crippen LogP contribution >= 0.6 is 23.2 Å². The lowest BCUT2D eigenvalue weighted by Crippen LogP contribution is -2.32. The minimum atomic E-state index is -0.170. The molecule has 1 aliphatic heterocycles. The van der Waals surface area contributed by atoms with Crippen LogP contribution in [0.2, 0.25) is 10.0 Å². The maximum Gasteiger partial charge on any atom is 0.321 e. The van der Waals surface area contributed by atoms with Gasteiger partial charge in [0.2, 0.25) is 5.91 Å². The highest BCUT2D eigenvalue weighted by Gasteiger charge is 2.17. The fraction of sp³-hybridized carbons (Fsp3) is 0.300. The van der Waals surface area contributed by atoms with Crippen LogP contribution in [0.25, 0.3) is 0 Å². The van der Waals surface area contributed by atoms with Crippen LogP contribution in [0.1, 0.15) is 24.0 Å². The number of hydrogen-bond acceptors (Lipinski definition) is 2. The van der Waals surface area contributed by atoms with Gasteiger partial charge in [-0.25, -0.2) is 4.79 Å². The van der Waals surface area contributed by atoms with E-state index in [1.165, 1.54) is 0 Å². The SMILES string of the molecule is O=C(Cc1c(Cl)cccc1Cl)NCc1cccc(NC(=O)N2CCCC2)c1. The Balaban J connectivity index is 1.55. The van der Waals surface area contributed by atoms with Crippen molar-refractivity contribution in [1.82, 2.24) is 10.2 Å². The van der Waals surface area contributed by atoms with Gasteiger partial charge < -0.3 is 15.5 Å². The van der Waals surface area contributed by atoms with Crippen molar-refractivity contribution in [2.24, 2.45) is 0 Å². The zero-order valence-corrected chi connectivity index (χ0v) is 16.3. The van der Waals surface area contributed by atoms with Gasteiger partial charge in [-0.1, -0.05) is 41.4 Å². The number of halogens is 2. The van der Waals surface area contributed by atoms with E-state index in [0.717, 1.165) is 31.5 Å². The molecule has 0 atom stereocenters. The van der Waals surface area contributed by atoms with Crippen molar-refractivity contribution in [3.8, 4) is 0 Å². The molecule has 0 aliphatic carbocycles. The molecule has 0 saturated carbocycles. The van der Waals surface area contributed by atoms with E-state index in [-0.39, 0.29) is 18.4 Å². The van der Waals surface area contributed by atoms with E-state index in [4.69, 9.17) is 23.2 Å². The van der Waals surface area contributed by atoms with E-state index in [1.807, 2.05) is 29.2 Å². The number of likely N-dealkylation sites (tertiary alicyclic amines) is 1. The van der Waals surface area contributed by atoms with E-state index >= 15 is 0 Å². The van der Waals surface area contributed by atoms with Crippen molar-refractivity contribution in [3.05, 3.63) is 63.6 Å². The molecular weight excluding hydrogens is 385 g/mol. The molecule has 0 bridgehead atoms. The van der Waals surface area contributed by atoms with Gasteiger partial charge in [0, 0.05) is 35.4 Å². The monoisotopic (exact) mass is 405 g/mol. The number of anilines is 1. The average Bonchev–Trinajstić information content (AvgIpc) is 3.18. The van der Waals surface area contributed by atoms with Gasteiger partial charge in [-0.3, -0.25) is 4.79 Å². The van der Waals surface area contributed by atoms with Crippen molar-refractivity contribution < 1.29 is 9.59 Å². The van der Waals surface area contributed by atoms with Crippen molar-refractivity contribution in [2.45, 2.75) is 25.8 Å². The second kappa shape index (κ2) is 9.11. The largest absolute Gasteiger partial charge is 0.352 e. The summed E-state index contributed by atoms with van der Waals surface area (Å²) in [6, 6.07) is 12.5. The molecule has 0 unspecified atom stereocenters. The molecule has 2 N–H and O–H groups in total. The van der Waals surface area contributed by atoms with Crippen LogP contribution in [0.3, 0.4) is 0 Å². The molecule has 2 aromatic rings. The molecule has 1 saturated heterocycles. The third-order valence-electron chi connectivity index (χ3n) is 4.46. The van der Waals surface area contributed by atoms with Crippen LogP contribution in [0.5, 0.6) is 0 Å². The molecule has 3 amide bonds. The second-order valence-corrected chi connectivity index (χ2v) is 7.29. The first-order valence-electron chi connectivity index (χ1n) is 8.87. The number of carbonyl (C=O) groups excluding carboxylic acids is 2. The molecule has 142 valence electrons. The normalized spacial score (nSPS) is 13.5. The van der Waals surface area contributed by atoms with E-state index < -0.39 is 0 Å². The quantitative estimate of drug-likeness (QED) is 0.769. The first-order valence-corrected chi connectivity index (χ1v) is 9.63. The fourth-order valence-corrected chi connectivity index (χ4v) is 3.54. The molecule has 7 heteroatoms. The zero-order chi connectivity index (χ0) is 19.2. The highest BCUT2D eigenvalue weighted by Crippen LogP contribution is 2.24. The number of benzene rings is 2. The van der Waals surface area contributed by atoms with Crippen molar-refractivity contribution in [3.63, 3.8) is 0 Å². The molecule has 2 aromatic carbocycles. The zero-order valence-electron chi connectivity index (χ0n) is 14.8. The van der Waals surface area contributed by atoms with Gasteiger partial charge in [0.15, 0.2) is 0 Å². The molecule has 5 nitrogen and oxygen atoms in total. The minimum Gasteiger partial charge on any atom is -0.352 e. The summed E-state index contributed by atoms with van der Waals surface area (Å²) in [6.45, 7) is 1.95. The summed E-state index contributed by atoms with van der Waals surface area (Å²) in [5.41, 5.74) is 2.23. The van der Waals surface area contributed by atoms with Gasteiger partial charge >= 0.3 is 6.03 Å². The predicted octanol–water partition coefficient (Wildman–Crippen LogP) is 4.48. The van der Waals surface area contributed by atoms with Crippen molar-refractivity contribution >= 4 is 40.8 Å². The van der Waals surface area contributed by atoms with E-state index in [9.17, 15) is 9.59 Å². The second-order valence-electron chi connectivity index (χ2n) is 6.48. The topological polar surface area (TPSA) is 61.4 Å². The first-order chi connectivity index (χ1) is 13.0. The van der Waals surface area contributed by atoms with E-state index in [2.05, 4.69) is 10.6 Å². The van der Waals surface area contributed by atoms with Crippen LogP contribution in [-0.4, -0.2) is 29.9 Å². The maximum atomic E-state index is 12.2. The Morgan fingerprint density at radius 3 is 2.37 bits per heavy atom. The van der Waals surface area contributed by atoms with Crippen molar-refractivity contribution in [1.29, 1.82) is 0 Å². The Bertz CT molecular complexity index is 815. The standard InChI is InChI=1S/C20H21Cl2N3O2/c21-17-7-4-8-18(22)16(17)12-19(26)23-13-14-5-3-6-15(11-14)24-20(27)25-9-1-2-10-25/h3-8,11H,1-2,9-10,12-13H2,(H,23,26)(H,24,27). The lowest BCUT2D eigenvalue weighted by atomic mass is 10.1. The Kier molecular flexibility index (Phi) is 6.58. The van der Waals surface area contributed by atoms with Gasteiger partial charge in [-0.05, 0) is 48.2 Å². The first kappa shape index (κ1) is 19.5. The van der Waals surface area contributed by atoms with E-state index in [0.29, 0.717) is 27.8 Å². The molecule has 1 fully saturated rings. The number of urea groups is 1. The van der Waals surface area contributed by atoms with Gasteiger partial charge in [0.1, 0.15) is 0 Å². The summed E-state index contributed by atoms with van der Waals surface area (Å²) in [5, 5.41) is 6.72. The van der Waals surface area contributed by atoms with Gasteiger partial charge in [-0.2, -0.15) is 0 Å². The maximum absolute atomic E-state index is 12.2. The van der Waals surface area contributed by atoms with Gasteiger partial charge in [-0.15, -0.1) is 0 Å². The van der Waals surface area contributed by atoms with Gasteiger partial charge in [0.25, 0.3) is 0 Å². The summed E-state index contributed by atoms with van der Waals surface area (Å²) in [7, 11) is 0. The molecule has 1 heterocycles. The number of carbonyl (C=O) groups is 2. The lowest BCUT2D eigenvalue weighted by molar-refractivity contribution is -0.120. The Labute approximate surface area is 168 Å². The number of hydrogen-bond donors (Lipinski definition) is 2. The Morgan fingerprint density at radius 1 is 1.00 bits per heavy atom. The summed E-state index contributed by atoms with van der Waals surface area (Å²) in [5.74, 6) is -0.170. The van der Waals surface area contributed by atoms with Crippen LogP contribution < -0.4 is 10.6 Å². The van der Waals surface area contributed by atoms with Crippen molar-refractivity contribution in [2.75, 3.05) is 18.4 Å². The Hall–Kier alpha value is -2.24.